The Morgan fingerprint density at radius 3 is 2.17 bits per heavy atom. The zero-order chi connectivity index (χ0) is 21.9. The lowest BCUT2D eigenvalue weighted by atomic mass is 9.78. The smallest absolute Gasteiger partial charge is 0.312 e. The van der Waals surface area contributed by atoms with E-state index in [1.54, 1.807) is 0 Å². The molecule has 0 saturated heterocycles. The van der Waals surface area contributed by atoms with Gasteiger partial charge < -0.3 is 9.47 Å². The molecule has 2 bridgehead atoms. The predicted molar refractivity (Wildman–Crippen MR) is 117 cm³/mol. The molecule has 4 heteroatoms. The summed E-state index contributed by atoms with van der Waals surface area (Å²) in [6.07, 6.45) is 9.71. The summed E-state index contributed by atoms with van der Waals surface area (Å²) in [6, 6.07) is 0. The minimum atomic E-state index is -0.362. The zero-order valence-electron chi connectivity index (χ0n) is 20.0. The van der Waals surface area contributed by atoms with E-state index < -0.39 is 0 Å². The van der Waals surface area contributed by atoms with Gasteiger partial charge in [-0.2, -0.15) is 0 Å². The largest absolute Gasteiger partial charge is 0.462 e. The summed E-state index contributed by atoms with van der Waals surface area (Å²) in [6.45, 7) is 13.1. The lowest BCUT2D eigenvalue weighted by Crippen LogP contribution is -2.40. The van der Waals surface area contributed by atoms with Gasteiger partial charge in [0.15, 0.2) is 0 Å². The quantitative estimate of drug-likeness (QED) is 0.492. The van der Waals surface area contributed by atoms with E-state index in [9.17, 15) is 9.59 Å². The van der Waals surface area contributed by atoms with Crippen LogP contribution in [0.5, 0.6) is 0 Å². The summed E-state index contributed by atoms with van der Waals surface area (Å²) in [5.74, 6) is 0.514. The molecule has 4 rings (SSSR count). The first-order valence-corrected chi connectivity index (χ1v) is 12.3. The molecular formula is C26H42O4. The van der Waals surface area contributed by atoms with Crippen LogP contribution in [0.25, 0.3) is 0 Å². The van der Waals surface area contributed by atoms with E-state index in [1.807, 2.05) is 0 Å². The Morgan fingerprint density at radius 1 is 1.03 bits per heavy atom. The lowest BCUT2D eigenvalue weighted by molar-refractivity contribution is -0.174. The topological polar surface area (TPSA) is 52.6 Å². The fraction of sp³-hybridized carbons (Fsp3) is 0.923. The first-order chi connectivity index (χ1) is 13.9. The van der Waals surface area contributed by atoms with Crippen molar-refractivity contribution in [2.24, 2.45) is 34.0 Å². The Labute approximate surface area is 182 Å². The minimum absolute atomic E-state index is 0.00327. The summed E-state index contributed by atoms with van der Waals surface area (Å²) in [5.41, 5.74) is -0.508. The first kappa shape index (κ1) is 22.1. The van der Waals surface area contributed by atoms with Crippen LogP contribution in [0, 0.1) is 34.0 Å². The predicted octanol–water partition coefficient (Wildman–Crippen LogP) is 6.06. The average molecular weight is 419 g/mol. The Kier molecular flexibility index (Phi) is 5.34. The third-order valence-corrected chi connectivity index (χ3v) is 8.93. The van der Waals surface area contributed by atoms with Crippen LogP contribution in [0.2, 0.25) is 0 Å². The molecule has 0 amide bonds. The van der Waals surface area contributed by atoms with Crippen molar-refractivity contribution in [1.29, 1.82) is 0 Å². The van der Waals surface area contributed by atoms with E-state index in [0.717, 1.165) is 64.2 Å². The highest BCUT2D eigenvalue weighted by Gasteiger charge is 2.68. The normalized spacial score (nSPS) is 38.5. The Balaban J connectivity index is 1.42. The number of hydrogen-bond acceptors (Lipinski definition) is 4. The van der Waals surface area contributed by atoms with Gasteiger partial charge in [0.05, 0.1) is 11.3 Å². The molecule has 4 aliphatic rings. The molecule has 4 fully saturated rings. The molecular weight excluding hydrogens is 376 g/mol. The molecule has 0 radical (unpaired) electrons. The molecule has 0 spiro atoms. The van der Waals surface area contributed by atoms with Crippen molar-refractivity contribution in [2.75, 3.05) is 0 Å². The number of carbonyl (C=O) groups is 2. The number of hydrogen-bond donors (Lipinski definition) is 0. The molecule has 5 atom stereocenters. The maximum Gasteiger partial charge on any atom is 0.312 e. The van der Waals surface area contributed by atoms with Crippen molar-refractivity contribution in [3.63, 3.8) is 0 Å². The highest BCUT2D eigenvalue weighted by molar-refractivity contribution is 5.82. The van der Waals surface area contributed by atoms with E-state index in [2.05, 4.69) is 41.5 Å². The summed E-state index contributed by atoms with van der Waals surface area (Å²) in [4.78, 5) is 26.5. The molecule has 4 aliphatic carbocycles. The van der Waals surface area contributed by atoms with Gasteiger partial charge in [-0.15, -0.1) is 0 Å². The van der Waals surface area contributed by atoms with E-state index >= 15 is 0 Å². The zero-order valence-corrected chi connectivity index (χ0v) is 20.0. The van der Waals surface area contributed by atoms with Gasteiger partial charge in [-0.05, 0) is 81.0 Å². The average Bonchev–Trinajstić information content (AvgIpc) is 3.13. The van der Waals surface area contributed by atoms with Crippen LogP contribution in [-0.4, -0.2) is 23.6 Å². The molecule has 0 heterocycles. The van der Waals surface area contributed by atoms with Crippen molar-refractivity contribution < 1.29 is 19.1 Å². The van der Waals surface area contributed by atoms with Gasteiger partial charge in [0, 0.05) is 5.92 Å². The molecule has 0 N–H and O–H groups in total. The van der Waals surface area contributed by atoms with Gasteiger partial charge in [-0.1, -0.05) is 41.5 Å². The maximum atomic E-state index is 13.4. The maximum absolute atomic E-state index is 13.4. The van der Waals surface area contributed by atoms with Crippen LogP contribution in [0.15, 0.2) is 0 Å². The van der Waals surface area contributed by atoms with Crippen molar-refractivity contribution >= 4 is 11.9 Å². The number of rotatable bonds is 6. The molecule has 0 aromatic carbocycles. The molecule has 0 aliphatic heterocycles. The van der Waals surface area contributed by atoms with E-state index in [-0.39, 0.29) is 51.7 Å². The third-order valence-electron chi connectivity index (χ3n) is 8.93. The lowest BCUT2D eigenvalue weighted by Gasteiger charge is -2.34. The Bertz CT molecular complexity index is 696. The molecule has 4 nitrogen and oxygen atoms in total. The van der Waals surface area contributed by atoms with E-state index in [1.165, 1.54) is 0 Å². The highest BCUT2D eigenvalue weighted by Crippen LogP contribution is 2.68. The van der Waals surface area contributed by atoms with Crippen molar-refractivity contribution in [3.8, 4) is 0 Å². The van der Waals surface area contributed by atoms with Gasteiger partial charge in [0.2, 0.25) is 0 Å². The Hall–Kier alpha value is -1.06. The van der Waals surface area contributed by atoms with E-state index in [4.69, 9.17) is 9.47 Å². The monoisotopic (exact) mass is 418 g/mol. The number of carbonyl (C=O) groups excluding carboxylic acids is 2. The van der Waals surface area contributed by atoms with Crippen LogP contribution in [0.3, 0.4) is 0 Å². The summed E-state index contributed by atoms with van der Waals surface area (Å²) in [5, 5.41) is 0. The highest BCUT2D eigenvalue weighted by atomic mass is 16.6. The fourth-order valence-corrected chi connectivity index (χ4v) is 7.12. The number of ether oxygens (including phenoxy) is 2. The number of fused-ring (bicyclic) bond motifs is 2. The summed E-state index contributed by atoms with van der Waals surface area (Å²) >= 11 is 0. The second kappa shape index (κ2) is 7.24. The second-order valence-corrected chi connectivity index (χ2v) is 12.8. The summed E-state index contributed by atoms with van der Waals surface area (Å²) in [7, 11) is 0. The van der Waals surface area contributed by atoms with Gasteiger partial charge >= 0.3 is 11.9 Å². The number of esters is 2. The van der Waals surface area contributed by atoms with E-state index in [0.29, 0.717) is 5.92 Å². The van der Waals surface area contributed by atoms with Gasteiger partial charge in [-0.25, -0.2) is 0 Å². The third kappa shape index (κ3) is 3.81. The molecule has 0 aromatic rings. The Morgan fingerprint density at radius 2 is 1.67 bits per heavy atom. The summed E-state index contributed by atoms with van der Waals surface area (Å²) < 4.78 is 12.3. The van der Waals surface area contributed by atoms with Crippen molar-refractivity contribution in [3.05, 3.63) is 0 Å². The van der Waals surface area contributed by atoms with Crippen LogP contribution in [0.1, 0.15) is 106 Å². The molecule has 30 heavy (non-hydrogen) atoms. The fourth-order valence-electron chi connectivity index (χ4n) is 7.12. The SMILES string of the molecule is CCC1(OC(=O)C2CC3CC(OC(=O)C4(CC(C)(C)C)CC4(C)C)C2C3)CCCC1. The van der Waals surface area contributed by atoms with Gasteiger partial charge in [0.1, 0.15) is 11.7 Å². The van der Waals surface area contributed by atoms with Gasteiger partial charge in [-0.3, -0.25) is 9.59 Å². The van der Waals surface area contributed by atoms with Crippen LogP contribution >= 0.6 is 0 Å². The van der Waals surface area contributed by atoms with Gasteiger partial charge in [0.25, 0.3) is 0 Å². The standard InChI is InChI=1S/C26H42O4/c1-7-25(10-8-9-11-25)30-21(27)19-13-17-12-18(19)20(14-17)29-22(28)26(15-23(2,3)4)16-24(26,5)6/h17-20H,7-16H2,1-6H3. The first-order valence-electron chi connectivity index (χ1n) is 12.3. The van der Waals surface area contributed by atoms with Crippen LogP contribution in [0.4, 0.5) is 0 Å². The molecule has 5 unspecified atom stereocenters. The van der Waals surface area contributed by atoms with Crippen LogP contribution in [-0.2, 0) is 19.1 Å². The van der Waals surface area contributed by atoms with Crippen molar-refractivity contribution in [2.45, 2.75) is 117 Å². The molecule has 0 aromatic heterocycles. The molecule has 170 valence electrons. The van der Waals surface area contributed by atoms with Crippen molar-refractivity contribution in [1.82, 2.24) is 0 Å². The minimum Gasteiger partial charge on any atom is -0.462 e. The second-order valence-electron chi connectivity index (χ2n) is 12.8. The molecule has 4 saturated carbocycles. The van der Waals surface area contributed by atoms with Crippen LogP contribution < -0.4 is 0 Å².